The number of rotatable bonds is 12. The third kappa shape index (κ3) is 14.2. The highest BCUT2D eigenvalue weighted by Crippen LogP contribution is 2.41. The Morgan fingerprint density at radius 1 is 0.184 bits per heavy atom. The van der Waals surface area contributed by atoms with Gasteiger partial charge in [-0.05, 0) is 180 Å². The maximum absolute atomic E-state index is 5.13. The highest BCUT2D eigenvalue weighted by atomic mass is 79.9. The summed E-state index contributed by atoms with van der Waals surface area (Å²) in [6.07, 6.45) is 5.56. The molecule has 21 aromatic rings. The Morgan fingerprint density at radius 3 is 0.825 bits per heavy atom. The number of hydrogen-bond donors (Lipinski definition) is 0. The quantitative estimate of drug-likeness (QED) is 0.120. The summed E-state index contributed by atoms with van der Waals surface area (Å²) in [5.74, 6) is 0.684. The second-order valence-electron chi connectivity index (χ2n) is 27.7. The van der Waals surface area contributed by atoms with Gasteiger partial charge in [-0.1, -0.05) is 266 Å². The Hall–Kier alpha value is -13.7. The summed E-state index contributed by atoms with van der Waals surface area (Å²) < 4.78 is 9.84. The van der Waals surface area contributed by atoms with E-state index in [4.69, 9.17) is 34.9 Å². The van der Waals surface area contributed by atoms with Crippen LogP contribution in [0.25, 0.3) is 184 Å². The second-order valence-corrected chi connectivity index (χ2v) is 30.4. The molecule has 0 fully saturated rings. The monoisotopic (exact) mass is 1650 g/mol. The van der Waals surface area contributed by atoms with E-state index in [0.717, 1.165) is 175 Å². The first-order valence-corrected chi connectivity index (χ1v) is 39.8. The number of fused-ring (bicyclic) bond motifs is 9. The van der Waals surface area contributed by atoms with Crippen molar-refractivity contribution in [2.24, 2.45) is 0 Å². The number of halogens is 3. The minimum Gasteiger partial charge on any atom is -0.294 e. The summed E-state index contributed by atoms with van der Waals surface area (Å²) in [7, 11) is 0. The van der Waals surface area contributed by atoms with Crippen molar-refractivity contribution in [1.29, 1.82) is 0 Å². The van der Waals surface area contributed by atoms with Gasteiger partial charge in [0.1, 0.15) is 16.9 Å². The summed E-state index contributed by atoms with van der Waals surface area (Å²) >= 11 is 10.9. The molecule has 0 spiro atoms. The fourth-order valence-electron chi connectivity index (χ4n) is 15.2. The zero-order chi connectivity index (χ0) is 76.4. The van der Waals surface area contributed by atoms with Crippen LogP contribution in [0.15, 0.2) is 408 Å². The highest BCUT2D eigenvalue weighted by Gasteiger charge is 2.21. The molecule has 0 aliphatic carbocycles. The molecule has 0 radical (unpaired) electrons. The first kappa shape index (κ1) is 70.7. The topological polar surface area (TPSA) is 105 Å². The van der Waals surface area contributed by atoms with Crippen molar-refractivity contribution >= 4 is 114 Å². The fourth-order valence-corrected chi connectivity index (χ4v) is 16.3. The Balaban J connectivity index is 0.000000115. The van der Waals surface area contributed by atoms with Crippen molar-refractivity contribution in [3.8, 4) is 118 Å². The number of benzene rings is 12. The maximum Gasteiger partial charge on any atom is 0.160 e. The average Bonchev–Trinajstić information content (AvgIpc) is 1.69. The smallest absolute Gasteiger partial charge is 0.160 e. The van der Waals surface area contributed by atoms with E-state index in [1.165, 1.54) is 16.3 Å². The van der Waals surface area contributed by atoms with Gasteiger partial charge in [-0.3, -0.25) is 13.7 Å². The molecule has 0 N–H and O–H groups in total. The van der Waals surface area contributed by atoms with Gasteiger partial charge in [0.15, 0.2) is 5.82 Å². The molecule has 0 saturated carbocycles. The summed E-state index contributed by atoms with van der Waals surface area (Å²) in [5.41, 5.74) is 26.8. The van der Waals surface area contributed by atoms with Crippen LogP contribution in [0.1, 0.15) is 0 Å². The van der Waals surface area contributed by atoms with E-state index in [-0.39, 0.29) is 0 Å². The summed E-state index contributed by atoms with van der Waals surface area (Å²) in [4.78, 5) is 34.5. The minimum absolute atomic E-state index is 0.684. The summed E-state index contributed by atoms with van der Waals surface area (Å²) in [5, 5.41) is 6.88. The molecule has 13 heteroatoms. The van der Waals surface area contributed by atoms with Crippen molar-refractivity contribution in [2.45, 2.75) is 0 Å². The van der Waals surface area contributed by atoms with Crippen LogP contribution in [0.3, 0.4) is 0 Å². The largest absolute Gasteiger partial charge is 0.294 e. The van der Waals surface area contributed by atoms with E-state index in [0.29, 0.717) is 5.82 Å². The molecule has 0 aliphatic heterocycles. The molecule has 114 heavy (non-hydrogen) atoms. The Labute approximate surface area is 683 Å². The van der Waals surface area contributed by atoms with E-state index in [1.807, 2.05) is 97.5 Å². The minimum atomic E-state index is 0.684. The van der Waals surface area contributed by atoms with Crippen LogP contribution in [0.2, 0.25) is 0 Å². The van der Waals surface area contributed by atoms with Gasteiger partial charge in [0.2, 0.25) is 0 Å². The third-order valence-electron chi connectivity index (χ3n) is 20.5. The Kier molecular flexibility index (Phi) is 19.4. The van der Waals surface area contributed by atoms with Gasteiger partial charge < -0.3 is 0 Å². The lowest BCUT2D eigenvalue weighted by molar-refractivity contribution is 1.13. The lowest BCUT2D eigenvalue weighted by Crippen LogP contribution is -1.98. The molecular weight excluding hydrogens is 1590 g/mol. The van der Waals surface area contributed by atoms with Crippen molar-refractivity contribution in [3.05, 3.63) is 408 Å². The molecule has 12 aromatic carbocycles. The molecule has 0 aliphatic rings. The van der Waals surface area contributed by atoms with Gasteiger partial charge in [0.25, 0.3) is 0 Å². The van der Waals surface area contributed by atoms with Crippen LogP contribution in [0, 0.1) is 0 Å². The molecule has 9 heterocycles. The van der Waals surface area contributed by atoms with Gasteiger partial charge >= 0.3 is 0 Å². The number of hydrogen-bond acceptors (Lipinski definition) is 7. The predicted molar refractivity (Wildman–Crippen MR) is 479 cm³/mol. The van der Waals surface area contributed by atoms with Crippen LogP contribution in [0.5, 0.6) is 0 Å². The van der Waals surface area contributed by atoms with Gasteiger partial charge in [-0.25, -0.2) is 34.9 Å². The van der Waals surface area contributed by atoms with Gasteiger partial charge in [-0.2, -0.15) is 0 Å². The zero-order valence-corrected chi connectivity index (χ0v) is 65.9. The number of aromatic nitrogens is 10. The van der Waals surface area contributed by atoms with Gasteiger partial charge in [0.05, 0.1) is 50.7 Å². The Bertz CT molecular complexity index is 6290. The van der Waals surface area contributed by atoms with Crippen molar-refractivity contribution < 1.29 is 0 Å². The standard InChI is InChI=1S/2C34H22BrN3.C33H21BrN4/c35-27-16-17-33-30(22-27)29-15-8-18-36-34(29)38(33)28-14-7-13-25(19-28)26-20-31(23-9-3-1-4-10-23)37-32(21-26)24-11-5-2-6-12-24;35-27-16-17-33-30(22-27)29-15-8-18-36-34(29)38(33)28-14-7-13-25(19-28)32-21-26(23-9-3-1-4-10-23)20-31(37-32)24-11-5-2-6-12-24;34-25-16-17-31-28(20-25)27-15-8-18-35-33(27)38(31)26-14-7-13-24(19-26)32-36-29(22-9-3-1-4-10-22)21-30(37-32)23-11-5-2-6-12-23/h2*1-22H;1-21H. The molecule has 21 rings (SSSR count). The number of nitrogens with zero attached hydrogens (tertiary/aromatic N) is 10. The van der Waals surface area contributed by atoms with E-state index in [1.54, 1.807) is 0 Å². The van der Waals surface area contributed by atoms with Crippen molar-refractivity contribution in [1.82, 2.24) is 48.6 Å². The molecule has 0 saturated heterocycles. The molecule has 9 aromatic heterocycles. The first-order valence-electron chi connectivity index (χ1n) is 37.5. The van der Waals surface area contributed by atoms with E-state index >= 15 is 0 Å². The van der Waals surface area contributed by atoms with Gasteiger partial charge in [-0.15, -0.1) is 0 Å². The van der Waals surface area contributed by atoms with Crippen LogP contribution in [-0.4, -0.2) is 48.6 Å². The summed E-state index contributed by atoms with van der Waals surface area (Å²) in [6.45, 7) is 0. The summed E-state index contributed by atoms with van der Waals surface area (Å²) in [6, 6.07) is 130. The van der Waals surface area contributed by atoms with Gasteiger partial charge in [0, 0.05) is 120 Å². The SMILES string of the molecule is Brc1ccc2c(c1)c1cccnc1n2-c1cccc(-c2cc(-c3ccccc3)cc(-c3ccccc3)n2)c1.Brc1ccc2c(c1)c1cccnc1n2-c1cccc(-c2cc(-c3ccccc3)nc(-c3ccccc3)c2)c1.Brc1ccc2c(c1)c1cccnc1n2-c1cccc(-c2nc(-c3ccccc3)cc(-c3ccccc3)n2)c1. The van der Waals surface area contributed by atoms with Crippen molar-refractivity contribution in [3.63, 3.8) is 0 Å². The maximum atomic E-state index is 5.13. The second kappa shape index (κ2) is 31.2. The Morgan fingerprint density at radius 2 is 0.465 bits per heavy atom. The molecule has 0 amide bonds. The normalized spacial score (nSPS) is 11.3. The van der Waals surface area contributed by atoms with Crippen LogP contribution >= 0.6 is 47.8 Å². The molecule has 0 bridgehead atoms. The zero-order valence-electron chi connectivity index (χ0n) is 61.1. The van der Waals surface area contributed by atoms with Crippen LogP contribution in [0.4, 0.5) is 0 Å². The average molecular weight is 1660 g/mol. The molecule has 540 valence electrons. The van der Waals surface area contributed by atoms with E-state index < -0.39 is 0 Å². The van der Waals surface area contributed by atoms with E-state index in [2.05, 4.69) is 359 Å². The molecule has 10 nitrogen and oxygen atoms in total. The molecule has 0 unspecified atom stereocenters. The third-order valence-corrected chi connectivity index (χ3v) is 22.0. The van der Waals surface area contributed by atoms with E-state index in [9.17, 15) is 0 Å². The first-order chi connectivity index (χ1) is 56.2. The fraction of sp³-hybridized carbons (Fsp3) is 0. The predicted octanol–water partition coefficient (Wildman–Crippen LogP) is 27.4. The molecule has 0 atom stereocenters. The highest BCUT2D eigenvalue weighted by molar-refractivity contribution is 9.11. The molecular formula is C101H65Br3N10. The van der Waals surface area contributed by atoms with Crippen LogP contribution < -0.4 is 0 Å². The van der Waals surface area contributed by atoms with Crippen LogP contribution in [-0.2, 0) is 0 Å². The number of pyridine rings is 5. The lowest BCUT2D eigenvalue weighted by Gasteiger charge is -2.12. The van der Waals surface area contributed by atoms with Crippen molar-refractivity contribution in [2.75, 3.05) is 0 Å². The lowest BCUT2D eigenvalue weighted by atomic mass is 9.99.